The average molecular weight is 622 g/mol. The SMILES string of the molecule is CCCCc1noc(NS(=O)(=O)C(F)(F)F)c1Cc1ccc(-c2ccccc2S(=O)(=O)NC(=O)c2ccccc2)cc1. The zero-order valence-electron chi connectivity index (χ0n) is 22.2. The van der Waals surface area contributed by atoms with Crippen LogP contribution in [-0.2, 0) is 32.9 Å². The lowest BCUT2D eigenvalue weighted by molar-refractivity contribution is -0.0430. The van der Waals surface area contributed by atoms with Crippen LogP contribution in [0, 0.1) is 0 Å². The summed E-state index contributed by atoms with van der Waals surface area (Å²) in [6.07, 6.45) is 1.77. The maximum absolute atomic E-state index is 13.1. The molecule has 0 saturated carbocycles. The first-order valence-corrected chi connectivity index (χ1v) is 15.7. The molecule has 4 rings (SSSR count). The van der Waals surface area contributed by atoms with Crippen molar-refractivity contribution in [3.63, 3.8) is 0 Å². The Morgan fingerprint density at radius 3 is 2.19 bits per heavy atom. The van der Waals surface area contributed by atoms with Crippen molar-refractivity contribution in [3.8, 4) is 11.1 Å². The summed E-state index contributed by atoms with van der Waals surface area (Å²) in [5.74, 6) is -1.40. The van der Waals surface area contributed by atoms with E-state index in [0.717, 1.165) is 6.42 Å². The van der Waals surface area contributed by atoms with Crippen molar-refractivity contribution in [2.75, 3.05) is 4.72 Å². The monoisotopic (exact) mass is 621 g/mol. The topological polar surface area (TPSA) is 135 Å². The molecule has 1 amide bonds. The molecule has 4 aromatic rings. The van der Waals surface area contributed by atoms with Crippen molar-refractivity contribution in [1.29, 1.82) is 0 Å². The lowest BCUT2D eigenvalue weighted by Gasteiger charge is -2.13. The number of hydrogen-bond donors (Lipinski definition) is 2. The number of amides is 1. The Bertz CT molecular complexity index is 1770. The van der Waals surface area contributed by atoms with Gasteiger partial charge in [0.05, 0.1) is 10.6 Å². The van der Waals surface area contributed by atoms with Crippen molar-refractivity contribution in [1.82, 2.24) is 9.88 Å². The third-order valence-electron chi connectivity index (χ3n) is 6.25. The van der Waals surface area contributed by atoms with Gasteiger partial charge >= 0.3 is 15.5 Å². The zero-order valence-corrected chi connectivity index (χ0v) is 23.8. The molecule has 0 aliphatic heterocycles. The molecule has 0 bridgehead atoms. The minimum Gasteiger partial charge on any atom is -0.337 e. The summed E-state index contributed by atoms with van der Waals surface area (Å²) < 4.78 is 97.2. The third kappa shape index (κ3) is 6.99. The Morgan fingerprint density at radius 2 is 1.55 bits per heavy atom. The summed E-state index contributed by atoms with van der Waals surface area (Å²) in [5.41, 5.74) is -3.51. The number of carbonyl (C=O) groups is 1. The van der Waals surface area contributed by atoms with Gasteiger partial charge in [0.2, 0.25) is 5.88 Å². The normalized spacial score (nSPS) is 12.2. The summed E-state index contributed by atoms with van der Waals surface area (Å²) >= 11 is 0. The van der Waals surface area contributed by atoms with Crippen LogP contribution >= 0.6 is 0 Å². The largest absolute Gasteiger partial charge is 0.516 e. The van der Waals surface area contributed by atoms with Crippen LogP contribution in [-0.4, -0.2) is 33.4 Å². The van der Waals surface area contributed by atoms with Gasteiger partial charge in [-0.05, 0) is 42.2 Å². The standard InChI is InChI=1S/C28H26F3N3O6S2/c1-2-3-12-24-23(27(40-32-24)34-42(38,39)28(29,30)31)18-19-14-16-20(17-15-19)22-11-7-8-13-25(22)41(36,37)33-26(35)21-9-5-4-6-10-21/h4-11,13-17,34H,2-3,12,18H2,1H3,(H,33,35). The molecule has 14 heteroatoms. The van der Waals surface area contributed by atoms with E-state index in [2.05, 4.69) is 9.88 Å². The second-order valence-electron chi connectivity index (χ2n) is 9.26. The molecule has 222 valence electrons. The Labute approximate surface area is 240 Å². The van der Waals surface area contributed by atoms with E-state index in [4.69, 9.17) is 4.52 Å². The second kappa shape index (κ2) is 12.4. The van der Waals surface area contributed by atoms with Crippen LogP contribution in [0.2, 0.25) is 0 Å². The Hall–Kier alpha value is -4.17. The zero-order chi connectivity index (χ0) is 30.5. The van der Waals surface area contributed by atoms with Crippen LogP contribution in [0.3, 0.4) is 0 Å². The van der Waals surface area contributed by atoms with E-state index in [1.807, 2.05) is 6.92 Å². The quantitative estimate of drug-likeness (QED) is 0.221. The van der Waals surface area contributed by atoms with E-state index in [-0.39, 0.29) is 22.4 Å². The van der Waals surface area contributed by atoms with Crippen LogP contribution < -0.4 is 9.44 Å². The first kappa shape index (κ1) is 30.8. The number of halogens is 3. The van der Waals surface area contributed by atoms with E-state index in [1.54, 1.807) is 54.6 Å². The molecule has 1 heterocycles. The molecular formula is C28H26F3N3O6S2. The number of unbranched alkanes of at least 4 members (excludes halogenated alkanes) is 1. The highest BCUT2D eigenvalue weighted by Crippen LogP contribution is 2.32. The number of anilines is 1. The maximum atomic E-state index is 13.1. The summed E-state index contributed by atoms with van der Waals surface area (Å²) in [6.45, 7) is 1.91. The van der Waals surface area contributed by atoms with E-state index in [1.165, 1.54) is 29.0 Å². The Morgan fingerprint density at radius 1 is 0.905 bits per heavy atom. The van der Waals surface area contributed by atoms with E-state index >= 15 is 0 Å². The number of carbonyl (C=O) groups excluding carboxylic acids is 1. The fourth-order valence-electron chi connectivity index (χ4n) is 4.10. The van der Waals surface area contributed by atoms with Crippen molar-refractivity contribution < 1.29 is 39.3 Å². The number of benzene rings is 3. The predicted molar refractivity (Wildman–Crippen MR) is 149 cm³/mol. The van der Waals surface area contributed by atoms with Gasteiger partial charge in [-0.3, -0.25) is 4.79 Å². The molecule has 9 nitrogen and oxygen atoms in total. The first-order valence-electron chi connectivity index (χ1n) is 12.7. The molecule has 0 unspecified atom stereocenters. The molecule has 42 heavy (non-hydrogen) atoms. The highest BCUT2D eigenvalue weighted by Gasteiger charge is 2.47. The van der Waals surface area contributed by atoms with Crippen molar-refractivity contribution >= 4 is 31.8 Å². The molecule has 1 aromatic heterocycles. The van der Waals surface area contributed by atoms with E-state index in [0.29, 0.717) is 35.2 Å². The molecule has 0 radical (unpaired) electrons. The molecule has 0 atom stereocenters. The number of nitrogens with one attached hydrogen (secondary N) is 2. The van der Waals surface area contributed by atoms with Crippen LogP contribution in [0.4, 0.5) is 19.1 Å². The van der Waals surface area contributed by atoms with Crippen LogP contribution in [0.1, 0.15) is 46.9 Å². The van der Waals surface area contributed by atoms with Gasteiger partial charge in [0.15, 0.2) is 0 Å². The summed E-state index contributed by atoms with van der Waals surface area (Å²) in [7, 11) is -10.00. The molecule has 0 fully saturated rings. The van der Waals surface area contributed by atoms with Crippen molar-refractivity contribution in [3.05, 3.63) is 101 Å². The highest BCUT2D eigenvalue weighted by molar-refractivity contribution is 7.93. The molecule has 0 spiro atoms. The number of aryl methyl sites for hydroxylation is 1. The second-order valence-corrected chi connectivity index (χ2v) is 12.6. The number of alkyl halides is 3. The van der Waals surface area contributed by atoms with E-state index in [9.17, 15) is 34.8 Å². The Kier molecular flexibility index (Phi) is 9.06. The van der Waals surface area contributed by atoms with Crippen molar-refractivity contribution in [2.24, 2.45) is 0 Å². The van der Waals surface area contributed by atoms with Gasteiger partial charge in [0.1, 0.15) is 0 Å². The lowest BCUT2D eigenvalue weighted by Crippen LogP contribution is -2.30. The number of hydrogen-bond acceptors (Lipinski definition) is 7. The molecule has 0 aliphatic carbocycles. The van der Waals surface area contributed by atoms with Gasteiger partial charge in [0.25, 0.3) is 15.9 Å². The summed E-state index contributed by atoms with van der Waals surface area (Å²) in [4.78, 5) is 12.4. The fraction of sp³-hybridized carbons (Fsp3) is 0.214. The number of aromatic nitrogens is 1. The van der Waals surface area contributed by atoms with Gasteiger partial charge in [-0.25, -0.2) is 17.9 Å². The van der Waals surface area contributed by atoms with Gasteiger partial charge in [-0.2, -0.15) is 21.6 Å². The average Bonchev–Trinajstić information content (AvgIpc) is 3.31. The molecule has 0 saturated heterocycles. The minimum absolute atomic E-state index is 0.00832. The third-order valence-corrected chi connectivity index (χ3v) is 8.71. The van der Waals surface area contributed by atoms with Gasteiger partial charge in [-0.15, -0.1) is 0 Å². The molecule has 2 N–H and O–H groups in total. The summed E-state index contributed by atoms with van der Waals surface area (Å²) in [5, 5.41) is 3.79. The van der Waals surface area contributed by atoms with Crippen LogP contribution in [0.15, 0.2) is 88.3 Å². The number of rotatable bonds is 11. The highest BCUT2D eigenvalue weighted by atomic mass is 32.2. The van der Waals surface area contributed by atoms with Gasteiger partial charge in [-0.1, -0.05) is 79.2 Å². The van der Waals surface area contributed by atoms with Gasteiger partial charge < -0.3 is 4.52 Å². The van der Waals surface area contributed by atoms with Crippen LogP contribution in [0.5, 0.6) is 0 Å². The van der Waals surface area contributed by atoms with Crippen LogP contribution in [0.25, 0.3) is 11.1 Å². The van der Waals surface area contributed by atoms with E-state index < -0.39 is 37.3 Å². The number of sulfonamides is 2. The Balaban J connectivity index is 1.61. The smallest absolute Gasteiger partial charge is 0.337 e. The summed E-state index contributed by atoms with van der Waals surface area (Å²) in [6, 6.07) is 20.4. The first-order chi connectivity index (χ1) is 19.8. The van der Waals surface area contributed by atoms with Gasteiger partial charge in [0, 0.05) is 23.1 Å². The minimum atomic E-state index is -5.73. The molecule has 0 aliphatic rings. The fourth-order valence-corrected chi connectivity index (χ4v) is 5.82. The number of nitrogens with zero attached hydrogens (tertiary/aromatic N) is 1. The molecule has 3 aromatic carbocycles. The van der Waals surface area contributed by atoms with Crippen molar-refractivity contribution in [2.45, 2.75) is 43.0 Å². The maximum Gasteiger partial charge on any atom is 0.516 e. The predicted octanol–water partition coefficient (Wildman–Crippen LogP) is 5.66. The lowest BCUT2D eigenvalue weighted by atomic mass is 9.99. The molecular weight excluding hydrogens is 595 g/mol.